The molecule has 120 valence electrons. The molecule has 0 aromatic carbocycles. The Bertz CT molecular complexity index is 347. The van der Waals surface area contributed by atoms with Crippen molar-refractivity contribution in [2.75, 3.05) is 7.11 Å². The Hall–Kier alpha value is -0.790. The van der Waals surface area contributed by atoms with Crippen LogP contribution < -0.4 is 0 Å². The number of hydrogen-bond donors (Lipinski definition) is 0. The van der Waals surface area contributed by atoms with Crippen LogP contribution in [0.1, 0.15) is 71.1 Å². The van der Waals surface area contributed by atoms with Crippen LogP contribution in [0.2, 0.25) is 0 Å². The van der Waals surface area contributed by atoms with Gasteiger partial charge in [-0.3, -0.25) is 4.79 Å². The monoisotopic (exact) mass is 292 g/mol. The predicted molar refractivity (Wildman–Crippen MR) is 87.0 cm³/mol. The molecule has 2 aliphatic rings. The Morgan fingerprint density at radius 1 is 1.10 bits per heavy atom. The summed E-state index contributed by atoms with van der Waals surface area (Å²) in [7, 11) is 1.47. The van der Waals surface area contributed by atoms with Gasteiger partial charge < -0.3 is 4.74 Å². The van der Waals surface area contributed by atoms with Crippen LogP contribution in [0.5, 0.6) is 0 Å². The van der Waals surface area contributed by atoms with Crippen LogP contribution in [0.15, 0.2) is 12.2 Å². The number of carbonyl (C=O) groups excluding carboxylic acids is 1. The van der Waals surface area contributed by atoms with E-state index in [9.17, 15) is 4.79 Å². The van der Waals surface area contributed by atoms with Crippen molar-refractivity contribution in [2.45, 2.75) is 71.1 Å². The molecule has 0 aliphatic heterocycles. The SMILES string of the molecule is COC(=O)CCCCCCC[C@@H]1[C@@H]2CCC[C@H]2C=C[C@H]1C. The van der Waals surface area contributed by atoms with E-state index in [0.717, 1.165) is 30.1 Å². The number of methoxy groups -OCH3 is 1. The van der Waals surface area contributed by atoms with Gasteiger partial charge in [0.2, 0.25) is 0 Å². The van der Waals surface area contributed by atoms with Gasteiger partial charge in [0.05, 0.1) is 7.11 Å². The van der Waals surface area contributed by atoms with E-state index in [1.54, 1.807) is 0 Å². The summed E-state index contributed by atoms with van der Waals surface area (Å²) < 4.78 is 4.66. The first-order valence-corrected chi connectivity index (χ1v) is 8.97. The largest absolute Gasteiger partial charge is 0.469 e. The molecule has 2 heteroatoms. The Balaban J connectivity index is 1.58. The van der Waals surface area contributed by atoms with Crippen LogP contribution >= 0.6 is 0 Å². The quantitative estimate of drug-likeness (QED) is 0.352. The fourth-order valence-electron chi connectivity index (χ4n) is 4.40. The van der Waals surface area contributed by atoms with E-state index >= 15 is 0 Å². The number of esters is 1. The van der Waals surface area contributed by atoms with Gasteiger partial charge in [-0.05, 0) is 49.4 Å². The second-order valence-corrected chi connectivity index (χ2v) is 7.05. The van der Waals surface area contributed by atoms with Crippen molar-refractivity contribution >= 4 is 5.97 Å². The van der Waals surface area contributed by atoms with Crippen molar-refractivity contribution in [1.29, 1.82) is 0 Å². The highest BCUT2D eigenvalue weighted by Crippen LogP contribution is 2.46. The summed E-state index contributed by atoms with van der Waals surface area (Å²) in [6.07, 6.45) is 17.4. The van der Waals surface area contributed by atoms with Gasteiger partial charge in [0.25, 0.3) is 0 Å². The van der Waals surface area contributed by atoms with Crippen LogP contribution in [0, 0.1) is 23.7 Å². The normalized spacial score (nSPS) is 31.1. The summed E-state index contributed by atoms with van der Waals surface area (Å²) in [5.74, 6) is 3.52. The lowest BCUT2D eigenvalue weighted by atomic mass is 9.70. The van der Waals surface area contributed by atoms with E-state index in [1.807, 2.05) is 0 Å². The Morgan fingerprint density at radius 3 is 2.67 bits per heavy atom. The third kappa shape index (κ3) is 4.86. The fraction of sp³-hybridized carbons (Fsp3) is 0.842. The van der Waals surface area contributed by atoms with Crippen LogP contribution in [0.4, 0.5) is 0 Å². The number of ether oxygens (including phenoxy) is 1. The lowest BCUT2D eigenvalue weighted by molar-refractivity contribution is -0.140. The van der Waals surface area contributed by atoms with E-state index < -0.39 is 0 Å². The van der Waals surface area contributed by atoms with E-state index in [1.165, 1.54) is 58.5 Å². The van der Waals surface area contributed by atoms with E-state index in [2.05, 4.69) is 23.8 Å². The van der Waals surface area contributed by atoms with Crippen molar-refractivity contribution in [3.8, 4) is 0 Å². The molecule has 0 heterocycles. The molecule has 0 radical (unpaired) electrons. The third-order valence-electron chi connectivity index (χ3n) is 5.66. The molecule has 0 unspecified atom stereocenters. The van der Waals surface area contributed by atoms with Gasteiger partial charge in [0.15, 0.2) is 0 Å². The number of rotatable bonds is 8. The molecule has 0 bridgehead atoms. The van der Waals surface area contributed by atoms with E-state index in [-0.39, 0.29) is 5.97 Å². The van der Waals surface area contributed by atoms with Crippen molar-refractivity contribution in [1.82, 2.24) is 0 Å². The van der Waals surface area contributed by atoms with Crippen molar-refractivity contribution in [2.24, 2.45) is 23.7 Å². The van der Waals surface area contributed by atoms with Crippen LogP contribution in [0.3, 0.4) is 0 Å². The molecule has 21 heavy (non-hydrogen) atoms. The number of unbranched alkanes of at least 4 members (excludes halogenated alkanes) is 4. The fourth-order valence-corrected chi connectivity index (χ4v) is 4.40. The molecule has 0 aromatic heterocycles. The highest BCUT2D eigenvalue weighted by molar-refractivity contribution is 5.68. The number of carbonyl (C=O) groups is 1. The first kappa shape index (κ1) is 16.6. The molecule has 1 saturated carbocycles. The molecule has 0 saturated heterocycles. The lowest BCUT2D eigenvalue weighted by Crippen LogP contribution is -2.26. The van der Waals surface area contributed by atoms with Gasteiger partial charge in [0, 0.05) is 6.42 Å². The van der Waals surface area contributed by atoms with Gasteiger partial charge in [-0.15, -0.1) is 0 Å². The summed E-state index contributed by atoms with van der Waals surface area (Å²) >= 11 is 0. The van der Waals surface area contributed by atoms with Crippen molar-refractivity contribution < 1.29 is 9.53 Å². The maximum Gasteiger partial charge on any atom is 0.305 e. The minimum absolute atomic E-state index is 0.0647. The molecule has 0 amide bonds. The average molecular weight is 292 g/mol. The molecule has 0 aromatic rings. The van der Waals surface area contributed by atoms with Gasteiger partial charge in [-0.25, -0.2) is 0 Å². The molecular weight excluding hydrogens is 260 g/mol. The van der Waals surface area contributed by atoms with Gasteiger partial charge in [-0.1, -0.05) is 51.2 Å². The van der Waals surface area contributed by atoms with Gasteiger partial charge in [-0.2, -0.15) is 0 Å². The topological polar surface area (TPSA) is 26.3 Å². The van der Waals surface area contributed by atoms with E-state index in [4.69, 9.17) is 0 Å². The molecule has 0 spiro atoms. The molecule has 0 N–H and O–H groups in total. The van der Waals surface area contributed by atoms with Crippen LogP contribution in [0.25, 0.3) is 0 Å². The standard InChI is InChI=1S/C19H32O2/c1-15-13-14-16-9-8-11-18(16)17(15)10-6-4-3-5-7-12-19(20)21-2/h13-18H,3-12H2,1-2H3/t15-,16+,17+,18-/m1/s1. The summed E-state index contributed by atoms with van der Waals surface area (Å²) in [6.45, 7) is 2.41. The predicted octanol–water partition coefficient (Wildman–Crippen LogP) is 5.13. The van der Waals surface area contributed by atoms with Crippen LogP contribution in [-0.2, 0) is 9.53 Å². The first-order chi connectivity index (χ1) is 10.2. The number of hydrogen-bond acceptors (Lipinski definition) is 2. The molecule has 2 rings (SSSR count). The maximum atomic E-state index is 11.0. The van der Waals surface area contributed by atoms with Crippen molar-refractivity contribution in [3.63, 3.8) is 0 Å². The molecule has 2 nitrogen and oxygen atoms in total. The summed E-state index contributed by atoms with van der Waals surface area (Å²) in [6, 6.07) is 0. The summed E-state index contributed by atoms with van der Waals surface area (Å²) in [4.78, 5) is 11.0. The zero-order valence-corrected chi connectivity index (χ0v) is 13.9. The zero-order chi connectivity index (χ0) is 15.1. The molecular formula is C19H32O2. The van der Waals surface area contributed by atoms with Crippen molar-refractivity contribution in [3.05, 3.63) is 12.2 Å². The average Bonchev–Trinajstić information content (AvgIpc) is 2.96. The zero-order valence-electron chi connectivity index (χ0n) is 13.9. The van der Waals surface area contributed by atoms with Gasteiger partial charge >= 0.3 is 5.97 Å². The Kier molecular flexibility index (Phi) is 6.79. The smallest absolute Gasteiger partial charge is 0.305 e. The minimum Gasteiger partial charge on any atom is -0.469 e. The number of allylic oxidation sites excluding steroid dienone is 2. The molecule has 1 fully saturated rings. The number of fused-ring (bicyclic) bond motifs is 1. The Morgan fingerprint density at radius 2 is 1.86 bits per heavy atom. The molecule has 2 aliphatic carbocycles. The highest BCUT2D eigenvalue weighted by atomic mass is 16.5. The second-order valence-electron chi connectivity index (χ2n) is 7.05. The highest BCUT2D eigenvalue weighted by Gasteiger charge is 2.36. The summed E-state index contributed by atoms with van der Waals surface area (Å²) in [5.41, 5.74) is 0. The second kappa shape index (κ2) is 8.60. The molecule has 4 atom stereocenters. The third-order valence-corrected chi connectivity index (χ3v) is 5.66. The van der Waals surface area contributed by atoms with Gasteiger partial charge in [0.1, 0.15) is 0 Å². The Labute approximate surface area is 130 Å². The van der Waals surface area contributed by atoms with E-state index in [0.29, 0.717) is 6.42 Å². The minimum atomic E-state index is -0.0647. The lowest BCUT2D eigenvalue weighted by Gasteiger charge is -2.35. The van der Waals surface area contributed by atoms with Crippen LogP contribution in [-0.4, -0.2) is 13.1 Å². The first-order valence-electron chi connectivity index (χ1n) is 8.97. The maximum absolute atomic E-state index is 11.0. The summed E-state index contributed by atoms with van der Waals surface area (Å²) in [5, 5.41) is 0.